The lowest BCUT2D eigenvalue weighted by molar-refractivity contribution is 0.533. The molecule has 0 saturated heterocycles. The summed E-state index contributed by atoms with van der Waals surface area (Å²) in [4.78, 5) is 0.0841. The van der Waals surface area contributed by atoms with Gasteiger partial charge in [0, 0.05) is 5.54 Å². The van der Waals surface area contributed by atoms with Crippen LogP contribution in [-0.4, -0.2) is 14.0 Å². The molecular weight excluding hydrogens is 250 g/mol. The highest BCUT2D eigenvalue weighted by Crippen LogP contribution is 2.34. The minimum Gasteiger partial charge on any atom is -0.397 e. The number of anilines is 2. The van der Waals surface area contributed by atoms with Gasteiger partial charge in [-0.05, 0) is 38.0 Å². The fourth-order valence-electron chi connectivity index (χ4n) is 2.43. The Hall–Kier alpha value is -1.27. The maximum atomic E-state index is 11.3. The Morgan fingerprint density at radius 2 is 1.89 bits per heavy atom. The van der Waals surface area contributed by atoms with Crippen LogP contribution in [0, 0.1) is 0 Å². The van der Waals surface area contributed by atoms with Crippen molar-refractivity contribution < 1.29 is 8.42 Å². The highest BCUT2D eigenvalue weighted by atomic mass is 32.2. The zero-order chi connectivity index (χ0) is 13.4. The molecule has 1 aromatic carbocycles. The number of sulfonamides is 1. The maximum absolute atomic E-state index is 11.3. The molecule has 18 heavy (non-hydrogen) atoms. The van der Waals surface area contributed by atoms with Crippen molar-refractivity contribution >= 4 is 21.4 Å². The monoisotopic (exact) mass is 269 g/mol. The third-order valence-electron chi connectivity index (χ3n) is 3.50. The van der Waals surface area contributed by atoms with E-state index in [4.69, 9.17) is 10.9 Å². The van der Waals surface area contributed by atoms with Gasteiger partial charge in [-0.1, -0.05) is 12.8 Å². The van der Waals surface area contributed by atoms with E-state index in [0.29, 0.717) is 11.4 Å². The zero-order valence-corrected chi connectivity index (χ0v) is 11.3. The normalized spacial score (nSPS) is 18.8. The van der Waals surface area contributed by atoms with Crippen LogP contribution in [0.25, 0.3) is 0 Å². The Morgan fingerprint density at radius 1 is 1.28 bits per heavy atom. The summed E-state index contributed by atoms with van der Waals surface area (Å²) in [6.07, 6.45) is 4.48. The largest absolute Gasteiger partial charge is 0.397 e. The molecule has 2 rings (SSSR count). The molecule has 0 unspecified atom stereocenters. The Labute approximate surface area is 108 Å². The lowest BCUT2D eigenvalue weighted by atomic mass is 10.00. The van der Waals surface area contributed by atoms with E-state index in [1.807, 2.05) is 0 Å². The van der Waals surface area contributed by atoms with Crippen LogP contribution >= 0.6 is 0 Å². The van der Waals surface area contributed by atoms with Crippen LogP contribution in [0.4, 0.5) is 11.4 Å². The molecule has 100 valence electrons. The molecule has 0 amide bonds. The number of primary sulfonamides is 1. The van der Waals surface area contributed by atoms with Crippen molar-refractivity contribution in [3.05, 3.63) is 18.2 Å². The third-order valence-corrected chi connectivity index (χ3v) is 4.41. The number of hydrogen-bond donors (Lipinski definition) is 3. The lowest BCUT2D eigenvalue weighted by Gasteiger charge is -2.27. The first-order valence-corrected chi connectivity index (χ1v) is 7.55. The molecule has 1 aliphatic carbocycles. The highest BCUT2D eigenvalue weighted by molar-refractivity contribution is 7.89. The third kappa shape index (κ3) is 2.76. The van der Waals surface area contributed by atoms with Gasteiger partial charge >= 0.3 is 0 Å². The lowest BCUT2D eigenvalue weighted by Crippen LogP contribution is -2.31. The van der Waals surface area contributed by atoms with Crippen molar-refractivity contribution in [1.82, 2.24) is 0 Å². The Kier molecular flexibility index (Phi) is 3.25. The van der Waals surface area contributed by atoms with Gasteiger partial charge in [-0.25, -0.2) is 13.6 Å². The molecule has 1 saturated carbocycles. The van der Waals surface area contributed by atoms with Crippen molar-refractivity contribution in [1.29, 1.82) is 0 Å². The van der Waals surface area contributed by atoms with Crippen molar-refractivity contribution in [3.8, 4) is 0 Å². The van der Waals surface area contributed by atoms with Crippen molar-refractivity contribution in [2.75, 3.05) is 11.1 Å². The van der Waals surface area contributed by atoms with Gasteiger partial charge in [0.2, 0.25) is 10.0 Å². The van der Waals surface area contributed by atoms with Crippen LogP contribution in [0.5, 0.6) is 0 Å². The predicted octanol–water partition coefficient (Wildman–Crippen LogP) is 1.66. The first-order chi connectivity index (χ1) is 8.30. The molecule has 0 spiro atoms. The predicted molar refractivity (Wildman–Crippen MR) is 72.7 cm³/mol. The van der Waals surface area contributed by atoms with E-state index in [2.05, 4.69) is 12.2 Å². The fraction of sp³-hybridized carbons (Fsp3) is 0.500. The van der Waals surface area contributed by atoms with Crippen molar-refractivity contribution in [2.45, 2.75) is 43.0 Å². The molecule has 1 aliphatic rings. The van der Waals surface area contributed by atoms with Gasteiger partial charge in [0.15, 0.2) is 0 Å². The van der Waals surface area contributed by atoms with Crippen LogP contribution in [0.1, 0.15) is 32.6 Å². The Morgan fingerprint density at radius 3 is 2.44 bits per heavy atom. The minimum atomic E-state index is -3.69. The maximum Gasteiger partial charge on any atom is 0.238 e. The van der Waals surface area contributed by atoms with E-state index in [1.165, 1.54) is 25.0 Å². The highest BCUT2D eigenvalue weighted by Gasteiger charge is 2.29. The van der Waals surface area contributed by atoms with E-state index < -0.39 is 10.0 Å². The summed E-state index contributed by atoms with van der Waals surface area (Å²) in [6.45, 7) is 2.13. The second-order valence-electron chi connectivity index (χ2n) is 5.19. The summed E-state index contributed by atoms with van der Waals surface area (Å²) in [5, 5.41) is 8.47. The molecule has 1 aromatic rings. The number of rotatable bonds is 3. The molecule has 0 atom stereocenters. The van der Waals surface area contributed by atoms with Gasteiger partial charge in [0.25, 0.3) is 0 Å². The van der Waals surface area contributed by atoms with Gasteiger partial charge in [-0.3, -0.25) is 0 Å². The number of hydrogen-bond acceptors (Lipinski definition) is 4. The molecule has 5 nitrogen and oxygen atoms in total. The molecular formula is C12H19N3O2S. The second kappa shape index (κ2) is 4.44. The van der Waals surface area contributed by atoms with Crippen LogP contribution in [0.2, 0.25) is 0 Å². The summed E-state index contributed by atoms with van der Waals surface area (Å²) in [7, 11) is -3.69. The summed E-state index contributed by atoms with van der Waals surface area (Å²) in [5.41, 5.74) is 7.04. The van der Waals surface area contributed by atoms with E-state index >= 15 is 0 Å². The minimum absolute atomic E-state index is 0.00883. The molecule has 0 heterocycles. The number of nitrogen functional groups attached to an aromatic ring is 1. The van der Waals surface area contributed by atoms with Gasteiger partial charge < -0.3 is 11.1 Å². The van der Waals surface area contributed by atoms with Crippen LogP contribution in [0.3, 0.4) is 0 Å². The summed E-state index contributed by atoms with van der Waals surface area (Å²) in [6, 6.07) is 4.50. The van der Waals surface area contributed by atoms with E-state index in [1.54, 1.807) is 6.07 Å². The van der Waals surface area contributed by atoms with E-state index in [9.17, 15) is 8.42 Å². The van der Waals surface area contributed by atoms with Crippen LogP contribution in [0.15, 0.2) is 23.1 Å². The van der Waals surface area contributed by atoms with Gasteiger partial charge in [-0.2, -0.15) is 0 Å². The van der Waals surface area contributed by atoms with Crippen molar-refractivity contribution in [2.24, 2.45) is 5.14 Å². The Balaban J connectivity index is 2.32. The quantitative estimate of drug-likeness (QED) is 0.727. The second-order valence-corrected chi connectivity index (χ2v) is 6.75. The van der Waals surface area contributed by atoms with Gasteiger partial charge in [-0.15, -0.1) is 0 Å². The molecule has 6 heteroatoms. The summed E-state index contributed by atoms with van der Waals surface area (Å²) in [5.74, 6) is 0. The van der Waals surface area contributed by atoms with Gasteiger partial charge in [0.05, 0.1) is 16.3 Å². The van der Waals surface area contributed by atoms with Crippen molar-refractivity contribution in [3.63, 3.8) is 0 Å². The van der Waals surface area contributed by atoms with Gasteiger partial charge in [0.1, 0.15) is 0 Å². The molecule has 1 fully saturated rings. The zero-order valence-electron chi connectivity index (χ0n) is 10.4. The topological polar surface area (TPSA) is 98.2 Å². The standard InChI is InChI=1S/C12H19N3O2S/c1-12(6-2-3-7-12)15-11-8-9(18(14,16)17)4-5-10(11)13/h4-5,8,15H,2-3,6-7,13H2,1H3,(H2,14,16,17). The number of nitrogens with one attached hydrogen (secondary N) is 1. The first kappa shape index (κ1) is 13.2. The summed E-state index contributed by atoms with van der Waals surface area (Å²) < 4.78 is 22.6. The molecule has 0 bridgehead atoms. The van der Waals surface area contributed by atoms with E-state index in [0.717, 1.165) is 12.8 Å². The smallest absolute Gasteiger partial charge is 0.238 e. The molecule has 0 aromatic heterocycles. The van der Waals surface area contributed by atoms with Crippen LogP contribution in [-0.2, 0) is 10.0 Å². The fourth-order valence-corrected chi connectivity index (χ4v) is 2.97. The number of benzene rings is 1. The average molecular weight is 269 g/mol. The average Bonchev–Trinajstić information content (AvgIpc) is 2.67. The first-order valence-electron chi connectivity index (χ1n) is 6.01. The molecule has 0 aliphatic heterocycles. The molecule has 0 radical (unpaired) electrons. The Bertz CT molecular complexity index is 548. The summed E-state index contributed by atoms with van der Waals surface area (Å²) >= 11 is 0. The van der Waals surface area contributed by atoms with E-state index in [-0.39, 0.29) is 10.4 Å². The SMILES string of the molecule is CC1(Nc2cc(S(N)(=O)=O)ccc2N)CCCC1. The van der Waals surface area contributed by atoms with Crippen LogP contribution < -0.4 is 16.2 Å². The molecule has 5 N–H and O–H groups in total. The number of nitrogens with two attached hydrogens (primary N) is 2.